The van der Waals surface area contributed by atoms with E-state index in [4.69, 9.17) is 0 Å². The minimum atomic E-state index is 0.454. The Bertz CT molecular complexity index is 406. The van der Waals surface area contributed by atoms with Crippen LogP contribution in [-0.2, 0) is 4.79 Å². The van der Waals surface area contributed by atoms with Crippen LogP contribution in [0.2, 0.25) is 0 Å². The fourth-order valence-electron chi connectivity index (χ4n) is 1.49. The summed E-state index contributed by atoms with van der Waals surface area (Å²) < 4.78 is 0. The van der Waals surface area contributed by atoms with E-state index < -0.39 is 0 Å². The fraction of sp³-hybridized carbons (Fsp3) is 0.188. The average Bonchev–Trinajstić information content (AvgIpc) is 3.25. The molecule has 2 aromatic rings. The van der Waals surface area contributed by atoms with E-state index in [1.807, 2.05) is 12.1 Å². The molecule has 0 saturated heterocycles. The van der Waals surface area contributed by atoms with Gasteiger partial charge in [0.05, 0.1) is 0 Å². The Morgan fingerprint density at radius 2 is 1.18 bits per heavy atom. The summed E-state index contributed by atoms with van der Waals surface area (Å²) in [5.74, 6) is 0.454. The molecule has 0 atom stereocenters. The second-order valence-corrected chi connectivity index (χ2v) is 4.21. The summed E-state index contributed by atoms with van der Waals surface area (Å²) in [6.07, 6.45) is 3.31. The van der Waals surface area contributed by atoms with Crippen molar-refractivity contribution in [3.63, 3.8) is 0 Å². The number of carbonyl (C=O) groups excluding carboxylic acids is 1. The van der Waals surface area contributed by atoms with Crippen molar-refractivity contribution >= 4 is 6.29 Å². The smallest absolute Gasteiger partial charge is 0.123 e. The maximum atomic E-state index is 9.57. The lowest BCUT2D eigenvalue weighted by Crippen LogP contribution is -1.73. The van der Waals surface area contributed by atoms with E-state index in [-0.39, 0.29) is 0 Å². The van der Waals surface area contributed by atoms with Crippen molar-refractivity contribution in [3.8, 4) is 11.1 Å². The van der Waals surface area contributed by atoms with Crippen molar-refractivity contribution in [1.29, 1.82) is 0 Å². The molecule has 1 aliphatic rings. The maximum Gasteiger partial charge on any atom is 0.123 e. The Kier molecular flexibility index (Phi) is 4.09. The van der Waals surface area contributed by atoms with E-state index in [1.165, 1.54) is 11.1 Å². The second kappa shape index (κ2) is 6.00. The molecule has 0 bridgehead atoms. The van der Waals surface area contributed by atoms with Crippen molar-refractivity contribution in [2.75, 3.05) is 0 Å². The standard InChI is InChI=1S/C12H10.C4H6O/c1-3-7-11(8-4-1)12-9-5-2-6-10-12;5-3-4-1-2-4/h1-10H;3-4H,1-2H2. The Morgan fingerprint density at radius 1 is 0.765 bits per heavy atom. The number of rotatable bonds is 2. The summed E-state index contributed by atoms with van der Waals surface area (Å²) in [4.78, 5) is 9.57. The summed E-state index contributed by atoms with van der Waals surface area (Å²) in [7, 11) is 0. The van der Waals surface area contributed by atoms with Crippen molar-refractivity contribution < 1.29 is 4.79 Å². The van der Waals surface area contributed by atoms with E-state index in [2.05, 4.69) is 48.5 Å². The van der Waals surface area contributed by atoms with Crippen LogP contribution in [0.3, 0.4) is 0 Å². The maximum absolute atomic E-state index is 9.57. The van der Waals surface area contributed by atoms with Crippen molar-refractivity contribution in [2.24, 2.45) is 5.92 Å². The molecule has 1 fully saturated rings. The van der Waals surface area contributed by atoms with Crippen molar-refractivity contribution in [2.45, 2.75) is 12.8 Å². The highest BCUT2D eigenvalue weighted by Crippen LogP contribution is 2.25. The fourth-order valence-corrected chi connectivity index (χ4v) is 1.49. The first-order valence-corrected chi connectivity index (χ1v) is 5.96. The third kappa shape index (κ3) is 3.87. The van der Waals surface area contributed by atoms with Crippen LogP contribution < -0.4 is 0 Å². The Morgan fingerprint density at radius 3 is 1.41 bits per heavy atom. The monoisotopic (exact) mass is 224 g/mol. The summed E-state index contributed by atoms with van der Waals surface area (Å²) in [6.45, 7) is 0. The molecular weight excluding hydrogens is 208 g/mol. The molecule has 0 heterocycles. The molecular formula is C16H16O. The molecule has 1 saturated carbocycles. The van der Waals surface area contributed by atoms with Crippen LogP contribution in [0.25, 0.3) is 11.1 Å². The van der Waals surface area contributed by atoms with Crippen molar-refractivity contribution in [3.05, 3.63) is 60.7 Å². The zero-order chi connectivity index (χ0) is 11.9. The lowest BCUT2D eigenvalue weighted by molar-refractivity contribution is -0.108. The molecule has 1 heteroatoms. The lowest BCUT2D eigenvalue weighted by atomic mass is 10.1. The van der Waals surface area contributed by atoms with Crippen LogP contribution in [0.5, 0.6) is 0 Å². The molecule has 86 valence electrons. The van der Waals surface area contributed by atoms with E-state index in [0.29, 0.717) is 5.92 Å². The minimum absolute atomic E-state index is 0.454. The van der Waals surface area contributed by atoms with Crippen LogP contribution in [0.1, 0.15) is 12.8 Å². The van der Waals surface area contributed by atoms with Gasteiger partial charge in [0.15, 0.2) is 0 Å². The van der Waals surface area contributed by atoms with Gasteiger partial charge >= 0.3 is 0 Å². The zero-order valence-electron chi connectivity index (χ0n) is 9.75. The molecule has 0 radical (unpaired) electrons. The van der Waals surface area contributed by atoms with Gasteiger partial charge < -0.3 is 4.79 Å². The van der Waals surface area contributed by atoms with E-state index >= 15 is 0 Å². The molecule has 1 aliphatic carbocycles. The molecule has 0 aliphatic heterocycles. The van der Waals surface area contributed by atoms with Gasteiger partial charge in [0, 0.05) is 5.92 Å². The first kappa shape index (κ1) is 11.6. The third-order valence-corrected chi connectivity index (χ3v) is 2.70. The van der Waals surface area contributed by atoms with Crippen LogP contribution in [-0.4, -0.2) is 6.29 Å². The molecule has 17 heavy (non-hydrogen) atoms. The predicted octanol–water partition coefficient (Wildman–Crippen LogP) is 3.95. The van der Waals surface area contributed by atoms with Gasteiger partial charge in [0.1, 0.15) is 6.29 Å². The van der Waals surface area contributed by atoms with Crippen LogP contribution in [0.4, 0.5) is 0 Å². The number of aldehydes is 1. The second-order valence-electron chi connectivity index (χ2n) is 4.21. The number of carbonyl (C=O) groups is 1. The summed E-state index contributed by atoms with van der Waals surface area (Å²) >= 11 is 0. The summed E-state index contributed by atoms with van der Waals surface area (Å²) in [5.41, 5.74) is 2.55. The normalized spacial score (nSPS) is 13.4. The van der Waals surface area contributed by atoms with Gasteiger partial charge in [-0.2, -0.15) is 0 Å². The number of hydrogen-bond donors (Lipinski definition) is 0. The van der Waals surface area contributed by atoms with Gasteiger partial charge in [-0.25, -0.2) is 0 Å². The van der Waals surface area contributed by atoms with E-state index in [0.717, 1.165) is 19.1 Å². The SMILES string of the molecule is O=CC1CC1.c1ccc(-c2ccccc2)cc1. The number of benzene rings is 2. The van der Waals surface area contributed by atoms with E-state index in [1.54, 1.807) is 0 Å². The summed E-state index contributed by atoms with van der Waals surface area (Å²) in [6, 6.07) is 20.8. The molecule has 0 spiro atoms. The lowest BCUT2D eigenvalue weighted by Gasteiger charge is -1.98. The Balaban J connectivity index is 0.000000181. The molecule has 2 aromatic carbocycles. The Labute approximate surface area is 102 Å². The minimum Gasteiger partial charge on any atom is -0.303 e. The first-order chi connectivity index (χ1) is 8.40. The molecule has 3 rings (SSSR count). The quantitative estimate of drug-likeness (QED) is 0.706. The van der Waals surface area contributed by atoms with Gasteiger partial charge in [-0.15, -0.1) is 0 Å². The average molecular weight is 224 g/mol. The van der Waals surface area contributed by atoms with Gasteiger partial charge in [-0.3, -0.25) is 0 Å². The first-order valence-electron chi connectivity index (χ1n) is 5.96. The van der Waals surface area contributed by atoms with Crippen LogP contribution >= 0.6 is 0 Å². The zero-order valence-corrected chi connectivity index (χ0v) is 9.75. The predicted molar refractivity (Wildman–Crippen MR) is 70.7 cm³/mol. The Hall–Kier alpha value is -1.89. The molecule has 0 unspecified atom stereocenters. The van der Waals surface area contributed by atoms with Gasteiger partial charge in [0.2, 0.25) is 0 Å². The van der Waals surface area contributed by atoms with E-state index in [9.17, 15) is 4.79 Å². The molecule has 0 N–H and O–H groups in total. The van der Waals surface area contributed by atoms with Crippen LogP contribution in [0.15, 0.2) is 60.7 Å². The molecule has 0 amide bonds. The van der Waals surface area contributed by atoms with Gasteiger partial charge in [-0.1, -0.05) is 60.7 Å². The van der Waals surface area contributed by atoms with Crippen molar-refractivity contribution in [1.82, 2.24) is 0 Å². The summed E-state index contributed by atoms with van der Waals surface area (Å²) in [5, 5.41) is 0. The molecule has 1 nitrogen and oxygen atoms in total. The third-order valence-electron chi connectivity index (χ3n) is 2.70. The highest BCUT2D eigenvalue weighted by molar-refractivity contribution is 5.62. The largest absolute Gasteiger partial charge is 0.303 e. The van der Waals surface area contributed by atoms with Gasteiger partial charge in [0.25, 0.3) is 0 Å². The molecule has 0 aromatic heterocycles. The highest BCUT2D eigenvalue weighted by Gasteiger charge is 2.18. The number of hydrogen-bond acceptors (Lipinski definition) is 1. The topological polar surface area (TPSA) is 17.1 Å². The highest BCUT2D eigenvalue weighted by atomic mass is 16.1. The van der Waals surface area contributed by atoms with Gasteiger partial charge in [-0.05, 0) is 24.0 Å². The van der Waals surface area contributed by atoms with Crippen LogP contribution in [0, 0.1) is 5.92 Å².